The topological polar surface area (TPSA) is 9.23 Å². The van der Waals surface area contributed by atoms with Gasteiger partial charge in [-0.25, -0.2) is 0 Å². The zero-order valence-corrected chi connectivity index (χ0v) is 11.3. The van der Waals surface area contributed by atoms with Gasteiger partial charge in [0.1, 0.15) is 11.5 Å². The van der Waals surface area contributed by atoms with Crippen LogP contribution in [0.15, 0.2) is 48.5 Å². The van der Waals surface area contributed by atoms with Crippen LogP contribution in [0.3, 0.4) is 0 Å². The molecule has 2 rings (SSSR count). The molecule has 2 aromatic carbocycles. The Morgan fingerprint density at radius 2 is 1.78 bits per heavy atom. The fourth-order valence-electron chi connectivity index (χ4n) is 1.96. The predicted octanol–water partition coefficient (Wildman–Crippen LogP) is 5.16. The Labute approximate surface area is 109 Å². The monoisotopic (exact) mass is 240 g/mol. The fraction of sp³-hybridized carbons (Fsp3) is 0.294. The summed E-state index contributed by atoms with van der Waals surface area (Å²) in [6, 6.07) is 16.5. The van der Waals surface area contributed by atoms with E-state index >= 15 is 0 Å². The molecule has 0 saturated carbocycles. The highest BCUT2D eigenvalue weighted by Crippen LogP contribution is 2.27. The van der Waals surface area contributed by atoms with Gasteiger partial charge in [0.15, 0.2) is 0 Å². The molecule has 2 aromatic rings. The van der Waals surface area contributed by atoms with Gasteiger partial charge in [0.2, 0.25) is 0 Å². The molecule has 0 N–H and O–H groups in total. The molecular weight excluding hydrogens is 220 g/mol. The van der Waals surface area contributed by atoms with E-state index in [0.29, 0.717) is 5.92 Å². The third kappa shape index (κ3) is 2.92. The third-order valence-corrected chi connectivity index (χ3v) is 3.11. The molecule has 0 saturated heterocycles. The highest BCUT2D eigenvalue weighted by atomic mass is 16.5. The van der Waals surface area contributed by atoms with Gasteiger partial charge in [0, 0.05) is 0 Å². The van der Waals surface area contributed by atoms with E-state index in [-0.39, 0.29) is 0 Å². The lowest BCUT2D eigenvalue weighted by Gasteiger charge is -2.12. The molecule has 0 unspecified atom stereocenters. The minimum atomic E-state index is 0.523. The van der Waals surface area contributed by atoms with Crippen LogP contribution in [-0.2, 0) is 6.42 Å². The van der Waals surface area contributed by atoms with Gasteiger partial charge in [0.25, 0.3) is 0 Å². The van der Waals surface area contributed by atoms with Crippen LogP contribution in [-0.4, -0.2) is 0 Å². The van der Waals surface area contributed by atoms with Crippen molar-refractivity contribution in [2.75, 3.05) is 0 Å². The van der Waals surface area contributed by atoms with Crippen molar-refractivity contribution in [1.29, 1.82) is 0 Å². The average Bonchev–Trinajstić information content (AvgIpc) is 2.39. The summed E-state index contributed by atoms with van der Waals surface area (Å²) in [5, 5.41) is 0. The van der Waals surface area contributed by atoms with Gasteiger partial charge in [-0.2, -0.15) is 0 Å². The molecule has 0 spiro atoms. The van der Waals surface area contributed by atoms with Crippen LogP contribution in [0, 0.1) is 0 Å². The number of hydrogen-bond donors (Lipinski definition) is 0. The van der Waals surface area contributed by atoms with Gasteiger partial charge >= 0.3 is 0 Å². The van der Waals surface area contributed by atoms with Crippen LogP contribution >= 0.6 is 0 Å². The molecular formula is C17H20O. The van der Waals surface area contributed by atoms with Crippen molar-refractivity contribution in [1.82, 2.24) is 0 Å². The Kier molecular flexibility index (Phi) is 4.03. The van der Waals surface area contributed by atoms with Crippen LogP contribution in [0.4, 0.5) is 0 Å². The molecule has 0 atom stereocenters. The second-order valence-corrected chi connectivity index (χ2v) is 4.79. The summed E-state index contributed by atoms with van der Waals surface area (Å²) in [5.74, 6) is 2.40. The summed E-state index contributed by atoms with van der Waals surface area (Å²) >= 11 is 0. The maximum atomic E-state index is 5.99. The second kappa shape index (κ2) is 5.72. The van der Waals surface area contributed by atoms with Crippen LogP contribution in [0.5, 0.6) is 11.5 Å². The van der Waals surface area contributed by atoms with Crippen LogP contribution < -0.4 is 4.74 Å². The first-order chi connectivity index (χ1) is 8.70. The van der Waals surface area contributed by atoms with E-state index in [1.54, 1.807) is 0 Å². The van der Waals surface area contributed by atoms with E-state index in [9.17, 15) is 0 Å². The van der Waals surface area contributed by atoms with E-state index < -0.39 is 0 Å². The molecule has 1 nitrogen and oxygen atoms in total. The van der Waals surface area contributed by atoms with Crippen molar-refractivity contribution in [3.05, 3.63) is 59.7 Å². The minimum Gasteiger partial charge on any atom is -0.457 e. The number of rotatable bonds is 4. The smallest absolute Gasteiger partial charge is 0.130 e. The molecule has 18 heavy (non-hydrogen) atoms. The normalized spacial score (nSPS) is 10.7. The van der Waals surface area contributed by atoms with Gasteiger partial charge in [-0.3, -0.25) is 0 Å². The van der Waals surface area contributed by atoms with Gasteiger partial charge in [-0.1, -0.05) is 51.1 Å². The van der Waals surface area contributed by atoms with Gasteiger partial charge in [-0.05, 0) is 41.7 Å². The van der Waals surface area contributed by atoms with Crippen LogP contribution in [0.1, 0.15) is 37.8 Å². The quantitative estimate of drug-likeness (QED) is 0.716. The molecule has 0 heterocycles. The van der Waals surface area contributed by atoms with Gasteiger partial charge < -0.3 is 4.74 Å². The summed E-state index contributed by atoms with van der Waals surface area (Å²) in [5.41, 5.74) is 2.55. The standard InChI is InChI=1S/C17H20O/c1-4-14-8-5-6-11-17(14)18-16-10-7-9-15(12-16)13(2)3/h5-13H,4H2,1-3H3. The van der Waals surface area contributed by atoms with Crippen molar-refractivity contribution in [3.63, 3.8) is 0 Å². The van der Waals surface area contributed by atoms with Gasteiger partial charge in [-0.15, -0.1) is 0 Å². The Morgan fingerprint density at radius 1 is 1.00 bits per heavy atom. The van der Waals surface area contributed by atoms with Gasteiger partial charge in [0.05, 0.1) is 0 Å². The van der Waals surface area contributed by atoms with Crippen molar-refractivity contribution in [3.8, 4) is 11.5 Å². The summed E-state index contributed by atoms with van der Waals surface area (Å²) in [7, 11) is 0. The highest BCUT2D eigenvalue weighted by molar-refractivity contribution is 5.39. The molecule has 0 aliphatic rings. The lowest BCUT2D eigenvalue weighted by molar-refractivity contribution is 0.476. The van der Waals surface area contributed by atoms with Crippen molar-refractivity contribution in [2.24, 2.45) is 0 Å². The summed E-state index contributed by atoms with van der Waals surface area (Å²) in [6.07, 6.45) is 0.986. The maximum absolute atomic E-state index is 5.99. The Bertz CT molecular complexity index is 515. The Morgan fingerprint density at radius 3 is 2.50 bits per heavy atom. The largest absolute Gasteiger partial charge is 0.457 e. The van der Waals surface area contributed by atoms with E-state index in [1.165, 1.54) is 11.1 Å². The molecule has 0 bridgehead atoms. The predicted molar refractivity (Wildman–Crippen MR) is 76.4 cm³/mol. The van der Waals surface area contributed by atoms with E-state index in [1.807, 2.05) is 18.2 Å². The summed E-state index contributed by atoms with van der Waals surface area (Å²) in [6.45, 7) is 6.53. The number of benzene rings is 2. The SMILES string of the molecule is CCc1ccccc1Oc1cccc(C(C)C)c1. The number of aryl methyl sites for hydroxylation is 1. The molecule has 0 aliphatic heterocycles. The average molecular weight is 240 g/mol. The van der Waals surface area contributed by atoms with E-state index in [0.717, 1.165) is 17.9 Å². The lowest BCUT2D eigenvalue weighted by atomic mass is 10.0. The van der Waals surface area contributed by atoms with Crippen molar-refractivity contribution < 1.29 is 4.74 Å². The third-order valence-electron chi connectivity index (χ3n) is 3.11. The van der Waals surface area contributed by atoms with E-state index in [2.05, 4.69) is 51.1 Å². The first kappa shape index (κ1) is 12.7. The van der Waals surface area contributed by atoms with E-state index in [4.69, 9.17) is 4.74 Å². The lowest BCUT2D eigenvalue weighted by Crippen LogP contribution is -1.92. The van der Waals surface area contributed by atoms with Crippen LogP contribution in [0.25, 0.3) is 0 Å². The van der Waals surface area contributed by atoms with Crippen LogP contribution in [0.2, 0.25) is 0 Å². The highest BCUT2D eigenvalue weighted by Gasteiger charge is 2.04. The zero-order chi connectivity index (χ0) is 13.0. The van der Waals surface area contributed by atoms with Crippen molar-refractivity contribution in [2.45, 2.75) is 33.1 Å². The number of para-hydroxylation sites is 1. The summed E-state index contributed by atoms with van der Waals surface area (Å²) in [4.78, 5) is 0. The first-order valence-corrected chi connectivity index (χ1v) is 6.56. The molecule has 0 amide bonds. The minimum absolute atomic E-state index is 0.523. The Hall–Kier alpha value is -1.76. The Balaban J connectivity index is 2.25. The van der Waals surface area contributed by atoms with Crippen molar-refractivity contribution >= 4 is 0 Å². The maximum Gasteiger partial charge on any atom is 0.130 e. The number of hydrogen-bond acceptors (Lipinski definition) is 1. The molecule has 0 radical (unpaired) electrons. The summed E-state index contributed by atoms with van der Waals surface area (Å²) < 4.78 is 5.99. The molecule has 94 valence electrons. The zero-order valence-electron chi connectivity index (χ0n) is 11.3. The molecule has 0 fully saturated rings. The number of ether oxygens (including phenoxy) is 1. The molecule has 0 aromatic heterocycles. The first-order valence-electron chi connectivity index (χ1n) is 6.56. The fourth-order valence-corrected chi connectivity index (χ4v) is 1.96. The molecule has 1 heteroatoms. The molecule has 0 aliphatic carbocycles. The second-order valence-electron chi connectivity index (χ2n) is 4.79.